The molecule has 0 N–H and O–H groups in total. The molecule has 19 heavy (non-hydrogen) atoms. The third-order valence-electron chi connectivity index (χ3n) is 3.77. The molecule has 1 aliphatic carbocycles. The Kier molecular flexibility index (Phi) is 4.13. The van der Waals surface area contributed by atoms with Crippen LogP contribution in [0.3, 0.4) is 0 Å². The number of benzene rings is 1. The van der Waals surface area contributed by atoms with Crippen molar-refractivity contribution in [3.05, 3.63) is 22.8 Å². The number of carbonyl (C=O) groups excluding carboxylic acids is 1. The van der Waals surface area contributed by atoms with Crippen LogP contribution < -0.4 is 9.47 Å². The molecule has 0 spiro atoms. The molecule has 0 saturated heterocycles. The van der Waals surface area contributed by atoms with Gasteiger partial charge < -0.3 is 9.47 Å². The zero-order valence-corrected chi connectivity index (χ0v) is 12.2. The van der Waals surface area contributed by atoms with Crippen LogP contribution in [0.2, 0.25) is 0 Å². The van der Waals surface area contributed by atoms with Crippen molar-refractivity contribution < 1.29 is 14.3 Å². The maximum absolute atomic E-state index is 12.2. The van der Waals surface area contributed by atoms with Gasteiger partial charge in [-0.05, 0) is 30.4 Å². The van der Waals surface area contributed by atoms with Crippen molar-refractivity contribution in [1.82, 2.24) is 0 Å². The predicted molar refractivity (Wildman–Crippen MR) is 75.4 cm³/mol. The van der Waals surface area contributed by atoms with Crippen LogP contribution in [0, 0.1) is 5.92 Å². The predicted octanol–water partition coefficient (Wildman–Crippen LogP) is 3.42. The van der Waals surface area contributed by atoms with E-state index in [0.717, 1.165) is 36.1 Å². The van der Waals surface area contributed by atoms with E-state index in [4.69, 9.17) is 9.47 Å². The SMILES string of the molecule is CCCc1c2c(cc(OC)c1OC)C(=O)C[C@@H](C)C2. The molecule has 1 aromatic carbocycles. The molecule has 3 nitrogen and oxygen atoms in total. The zero-order valence-electron chi connectivity index (χ0n) is 12.2. The maximum atomic E-state index is 12.2. The molecule has 3 heteroatoms. The fourth-order valence-electron chi connectivity index (χ4n) is 2.95. The standard InChI is InChI=1S/C16H22O3/c1-5-6-11-12-7-10(2)8-14(17)13(12)9-15(18-3)16(11)19-4/h9-10H,5-8H2,1-4H3/t10-/m0/s1. The second-order valence-corrected chi connectivity index (χ2v) is 5.30. The highest BCUT2D eigenvalue weighted by Gasteiger charge is 2.28. The maximum Gasteiger partial charge on any atom is 0.164 e. The summed E-state index contributed by atoms with van der Waals surface area (Å²) in [4.78, 5) is 12.2. The van der Waals surface area contributed by atoms with E-state index < -0.39 is 0 Å². The Balaban J connectivity index is 2.65. The Bertz CT molecular complexity index is 491. The minimum atomic E-state index is 0.229. The number of ketones is 1. The van der Waals surface area contributed by atoms with Gasteiger partial charge in [0, 0.05) is 17.5 Å². The highest BCUT2D eigenvalue weighted by atomic mass is 16.5. The van der Waals surface area contributed by atoms with Gasteiger partial charge >= 0.3 is 0 Å². The fraction of sp³-hybridized carbons (Fsp3) is 0.562. The van der Waals surface area contributed by atoms with Crippen LogP contribution >= 0.6 is 0 Å². The first-order valence-corrected chi connectivity index (χ1v) is 6.92. The van der Waals surface area contributed by atoms with Crippen molar-refractivity contribution in [1.29, 1.82) is 0 Å². The number of methoxy groups -OCH3 is 2. The molecule has 0 saturated carbocycles. The van der Waals surface area contributed by atoms with E-state index in [1.54, 1.807) is 14.2 Å². The monoisotopic (exact) mass is 262 g/mol. The molecule has 0 aliphatic heterocycles. The number of hydrogen-bond donors (Lipinski definition) is 0. The molecule has 1 aromatic rings. The Labute approximate surface area is 114 Å². The first-order chi connectivity index (χ1) is 9.12. The molecular formula is C16H22O3. The smallest absolute Gasteiger partial charge is 0.164 e. The lowest BCUT2D eigenvalue weighted by Gasteiger charge is -2.26. The first kappa shape index (κ1) is 13.9. The second-order valence-electron chi connectivity index (χ2n) is 5.30. The third-order valence-corrected chi connectivity index (χ3v) is 3.77. The highest BCUT2D eigenvalue weighted by Crippen LogP contribution is 2.40. The Morgan fingerprint density at radius 3 is 2.58 bits per heavy atom. The van der Waals surface area contributed by atoms with E-state index in [0.29, 0.717) is 18.1 Å². The summed E-state index contributed by atoms with van der Waals surface area (Å²) < 4.78 is 10.9. The summed E-state index contributed by atoms with van der Waals surface area (Å²) in [6.45, 7) is 4.27. The summed E-state index contributed by atoms with van der Waals surface area (Å²) in [6.07, 6.45) is 3.53. The average Bonchev–Trinajstić information content (AvgIpc) is 2.39. The Morgan fingerprint density at radius 1 is 1.26 bits per heavy atom. The largest absolute Gasteiger partial charge is 0.493 e. The van der Waals surface area contributed by atoms with Crippen LogP contribution in [0.1, 0.15) is 48.2 Å². The van der Waals surface area contributed by atoms with Gasteiger partial charge in [-0.1, -0.05) is 20.3 Å². The van der Waals surface area contributed by atoms with Gasteiger partial charge in [0.1, 0.15) is 0 Å². The van der Waals surface area contributed by atoms with Gasteiger partial charge in [-0.3, -0.25) is 4.79 Å². The molecule has 0 fully saturated rings. The van der Waals surface area contributed by atoms with Crippen LogP contribution in [-0.2, 0) is 12.8 Å². The first-order valence-electron chi connectivity index (χ1n) is 6.92. The zero-order chi connectivity index (χ0) is 14.0. The van der Waals surface area contributed by atoms with E-state index >= 15 is 0 Å². The molecule has 0 bridgehead atoms. The summed E-state index contributed by atoms with van der Waals surface area (Å²) >= 11 is 0. The third kappa shape index (κ3) is 2.46. The van der Waals surface area contributed by atoms with Gasteiger partial charge in [0.15, 0.2) is 17.3 Å². The van der Waals surface area contributed by atoms with Crippen LogP contribution in [0.25, 0.3) is 0 Å². The van der Waals surface area contributed by atoms with Gasteiger partial charge in [0.25, 0.3) is 0 Å². The van der Waals surface area contributed by atoms with E-state index in [9.17, 15) is 4.79 Å². The number of hydrogen-bond acceptors (Lipinski definition) is 3. The fourth-order valence-corrected chi connectivity index (χ4v) is 2.95. The number of fused-ring (bicyclic) bond motifs is 1. The second kappa shape index (κ2) is 5.64. The summed E-state index contributed by atoms with van der Waals surface area (Å²) in [5.41, 5.74) is 3.15. The molecular weight excluding hydrogens is 240 g/mol. The molecule has 0 aromatic heterocycles. The number of Topliss-reactive ketones (excluding diaryl/α,β-unsaturated/α-hetero) is 1. The van der Waals surface area contributed by atoms with Crippen molar-refractivity contribution in [2.75, 3.05) is 14.2 Å². The van der Waals surface area contributed by atoms with Gasteiger partial charge in [-0.15, -0.1) is 0 Å². The van der Waals surface area contributed by atoms with Crippen molar-refractivity contribution >= 4 is 5.78 Å². The van der Waals surface area contributed by atoms with Crippen molar-refractivity contribution in [2.45, 2.75) is 39.5 Å². The number of rotatable bonds is 4. The van der Waals surface area contributed by atoms with Crippen molar-refractivity contribution in [3.63, 3.8) is 0 Å². The van der Waals surface area contributed by atoms with Crippen molar-refractivity contribution in [3.8, 4) is 11.5 Å². The minimum absolute atomic E-state index is 0.229. The molecule has 0 unspecified atom stereocenters. The molecule has 1 atom stereocenters. The minimum Gasteiger partial charge on any atom is -0.493 e. The number of carbonyl (C=O) groups is 1. The highest BCUT2D eigenvalue weighted by molar-refractivity contribution is 6.00. The lowest BCUT2D eigenvalue weighted by Crippen LogP contribution is -2.20. The van der Waals surface area contributed by atoms with Crippen LogP contribution in [0.15, 0.2) is 6.07 Å². The summed E-state index contributed by atoms with van der Waals surface area (Å²) in [7, 11) is 3.29. The molecule has 0 radical (unpaired) electrons. The summed E-state index contributed by atoms with van der Waals surface area (Å²) in [5.74, 6) is 2.11. The molecule has 104 valence electrons. The van der Waals surface area contributed by atoms with Crippen LogP contribution in [0.4, 0.5) is 0 Å². The van der Waals surface area contributed by atoms with Gasteiger partial charge in [0.05, 0.1) is 14.2 Å². The van der Waals surface area contributed by atoms with E-state index in [1.165, 1.54) is 5.56 Å². The summed E-state index contributed by atoms with van der Waals surface area (Å²) in [6, 6.07) is 1.85. The van der Waals surface area contributed by atoms with Gasteiger partial charge in [-0.25, -0.2) is 0 Å². The van der Waals surface area contributed by atoms with E-state index in [1.807, 2.05) is 6.07 Å². The lowest BCUT2D eigenvalue weighted by atomic mass is 9.80. The average molecular weight is 262 g/mol. The lowest BCUT2D eigenvalue weighted by molar-refractivity contribution is 0.0952. The molecule has 0 amide bonds. The normalized spacial score (nSPS) is 18.1. The molecule has 2 rings (SSSR count). The van der Waals surface area contributed by atoms with Gasteiger partial charge in [0.2, 0.25) is 0 Å². The van der Waals surface area contributed by atoms with Crippen LogP contribution in [-0.4, -0.2) is 20.0 Å². The van der Waals surface area contributed by atoms with Crippen LogP contribution in [0.5, 0.6) is 11.5 Å². The van der Waals surface area contributed by atoms with Crippen molar-refractivity contribution in [2.24, 2.45) is 5.92 Å². The molecule has 0 heterocycles. The van der Waals surface area contributed by atoms with E-state index in [-0.39, 0.29) is 5.78 Å². The quantitative estimate of drug-likeness (QED) is 0.834. The number of ether oxygens (including phenoxy) is 2. The van der Waals surface area contributed by atoms with E-state index in [2.05, 4.69) is 13.8 Å². The Morgan fingerprint density at radius 2 is 2.00 bits per heavy atom. The van der Waals surface area contributed by atoms with Gasteiger partial charge in [-0.2, -0.15) is 0 Å². The summed E-state index contributed by atoms with van der Waals surface area (Å²) in [5, 5.41) is 0. The topological polar surface area (TPSA) is 35.5 Å². The molecule has 1 aliphatic rings. The Hall–Kier alpha value is -1.51.